The predicted octanol–water partition coefficient (Wildman–Crippen LogP) is 3.47. The molecule has 19 heavy (non-hydrogen) atoms. The molecular weight excluding hydrogens is 232 g/mol. The molecule has 0 radical (unpaired) electrons. The van der Waals surface area contributed by atoms with Crippen molar-refractivity contribution < 1.29 is 0 Å². The summed E-state index contributed by atoms with van der Waals surface area (Å²) in [5.41, 5.74) is 0.696. The van der Waals surface area contributed by atoms with Crippen LogP contribution in [0.2, 0.25) is 0 Å². The fourth-order valence-electron chi connectivity index (χ4n) is 4.32. The molecule has 110 valence electrons. The summed E-state index contributed by atoms with van der Waals surface area (Å²) in [6.07, 6.45) is 14.3. The van der Waals surface area contributed by atoms with Crippen LogP contribution in [0, 0.1) is 11.3 Å². The molecule has 3 atom stereocenters. The molecule has 0 amide bonds. The van der Waals surface area contributed by atoms with Gasteiger partial charge in [0.05, 0.1) is 0 Å². The van der Waals surface area contributed by atoms with Crippen molar-refractivity contribution >= 4 is 0 Å². The molecule has 0 bridgehead atoms. The summed E-state index contributed by atoms with van der Waals surface area (Å²) in [6, 6.07) is 1.61. The summed E-state index contributed by atoms with van der Waals surface area (Å²) < 4.78 is 0. The molecule has 3 unspecified atom stereocenters. The Morgan fingerprint density at radius 3 is 2.53 bits per heavy atom. The smallest absolute Gasteiger partial charge is 0.0110 e. The molecule has 2 nitrogen and oxygen atoms in total. The second kappa shape index (κ2) is 6.13. The Hall–Kier alpha value is -0.0800. The Bertz CT molecular complexity index is 279. The third kappa shape index (κ3) is 3.33. The van der Waals surface area contributed by atoms with Crippen LogP contribution in [-0.4, -0.2) is 25.2 Å². The van der Waals surface area contributed by atoms with Gasteiger partial charge in [-0.2, -0.15) is 0 Å². The SMILES string of the molecule is CCC1(CNC2CCCCC2C2CCCCN2)CC1. The first-order valence-electron chi connectivity index (χ1n) is 8.80. The van der Waals surface area contributed by atoms with Crippen LogP contribution in [-0.2, 0) is 0 Å². The second-order valence-corrected chi connectivity index (χ2v) is 7.35. The molecular formula is C17H32N2. The van der Waals surface area contributed by atoms with E-state index >= 15 is 0 Å². The van der Waals surface area contributed by atoms with Crippen molar-refractivity contribution in [3.05, 3.63) is 0 Å². The molecule has 0 aromatic rings. The quantitative estimate of drug-likeness (QED) is 0.794. The minimum atomic E-state index is 0.696. The molecule has 1 saturated heterocycles. The highest BCUT2D eigenvalue weighted by atomic mass is 15.0. The summed E-state index contributed by atoms with van der Waals surface area (Å²) in [6.45, 7) is 4.92. The van der Waals surface area contributed by atoms with Gasteiger partial charge in [0.1, 0.15) is 0 Å². The molecule has 1 heterocycles. The monoisotopic (exact) mass is 264 g/mol. The van der Waals surface area contributed by atoms with E-state index in [0.717, 1.165) is 18.0 Å². The molecule has 3 aliphatic rings. The minimum absolute atomic E-state index is 0.696. The largest absolute Gasteiger partial charge is 0.314 e. The average Bonchev–Trinajstić information content (AvgIpc) is 3.27. The standard InChI is InChI=1S/C17H32N2/c1-2-17(10-11-17)13-19-16-8-4-3-7-14(16)15-9-5-6-12-18-15/h14-16,18-19H,2-13H2,1H3. The number of rotatable bonds is 5. The average molecular weight is 264 g/mol. The van der Waals surface area contributed by atoms with Crippen molar-refractivity contribution in [2.75, 3.05) is 13.1 Å². The van der Waals surface area contributed by atoms with E-state index < -0.39 is 0 Å². The lowest BCUT2D eigenvalue weighted by atomic mass is 9.77. The molecule has 2 heteroatoms. The third-order valence-corrected chi connectivity index (χ3v) is 6.13. The lowest BCUT2D eigenvalue weighted by Gasteiger charge is -2.40. The molecule has 2 aliphatic carbocycles. The molecule has 1 aliphatic heterocycles. The van der Waals surface area contributed by atoms with Crippen molar-refractivity contribution in [2.24, 2.45) is 11.3 Å². The van der Waals surface area contributed by atoms with Gasteiger partial charge in [-0.15, -0.1) is 0 Å². The first kappa shape index (κ1) is 13.9. The highest BCUT2D eigenvalue weighted by molar-refractivity contribution is 4.97. The highest BCUT2D eigenvalue weighted by Crippen LogP contribution is 2.48. The van der Waals surface area contributed by atoms with Gasteiger partial charge in [0.15, 0.2) is 0 Å². The van der Waals surface area contributed by atoms with Gasteiger partial charge in [-0.3, -0.25) is 0 Å². The van der Waals surface area contributed by atoms with E-state index in [-0.39, 0.29) is 0 Å². The molecule has 0 aromatic heterocycles. The Kier molecular flexibility index (Phi) is 4.48. The Balaban J connectivity index is 1.54. The number of nitrogens with one attached hydrogen (secondary N) is 2. The van der Waals surface area contributed by atoms with Gasteiger partial charge in [0, 0.05) is 18.6 Å². The van der Waals surface area contributed by atoms with Gasteiger partial charge in [-0.05, 0) is 62.8 Å². The first-order chi connectivity index (χ1) is 9.33. The second-order valence-electron chi connectivity index (χ2n) is 7.35. The van der Waals surface area contributed by atoms with Gasteiger partial charge >= 0.3 is 0 Å². The van der Waals surface area contributed by atoms with Gasteiger partial charge in [0.25, 0.3) is 0 Å². The molecule has 3 rings (SSSR count). The van der Waals surface area contributed by atoms with Crippen molar-refractivity contribution in [3.63, 3.8) is 0 Å². The predicted molar refractivity (Wildman–Crippen MR) is 81.3 cm³/mol. The molecule has 2 saturated carbocycles. The van der Waals surface area contributed by atoms with Crippen molar-refractivity contribution in [2.45, 2.75) is 83.2 Å². The molecule has 3 fully saturated rings. The summed E-state index contributed by atoms with van der Waals surface area (Å²) in [5.74, 6) is 0.904. The summed E-state index contributed by atoms with van der Waals surface area (Å²) in [5, 5.41) is 7.79. The van der Waals surface area contributed by atoms with Crippen LogP contribution < -0.4 is 10.6 Å². The Labute approximate surface area is 119 Å². The van der Waals surface area contributed by atoms with E-state index in [0.29, 0.717) is 5.41 Å². The third-order valence-electron chi connectivity index (χ3n) is 6.13. The Morgan fingerprint density at radius 2 is 1.84 bits per heavy atom. The van der Waals surface area contributed by atoms with Crippen molar-refractivity contribution in [3.8, 4) is 0 Å². The van der Waals surface area contributed by atoms with Crippen molar-refractivity contribution in [1.82, 2.24) is 10.6 Å². The van der Waals surface area contributed by atoms with Crippen LogP contribution in [0.4, 0.5) is 0 Å². The molecule has 0 spiro atoms. The van der Waals surface area contributed by atoms with E-state index in [1.165, 1.54) is 77.3 Å². The number of hydrogen-bond acceptors (Lipinski definition) is 2. The minimum Gasteiger partial charge on any atom is -0.314 e. The normalized spacial score (nSPS) is 38.1. The van der Waals surface area contributed by atoms with Gasteiger partial charge in [-0.1, -0.05) is 26.2 Å². The van der Waals surface area contributed by atoms with E-state index in [2.05, 4.69) is 17.6 Å². The van der Waals surface area contributed by atoms with Crippen molar-refractivity contribution in [1.29, 1.82) is 0 Å². The van der Waals surface area contributed by atoms with Crippen LogP contribution in [0.1, 0.15) is 71.1 Å². The fraction of sp³-hybridized carbons (Fsp3) is 1.00. The van der Waals surface area contributed by atoms with Crippen LogP contribution >= 0.6 is 0 Å². The van der Waals surface area contributed by atoms with Crippen LogP contribution in [0.3, 0.4) is 0 Å². The zero-order valence-electron chi connectivity index (χ0n) is 12.7. The lowest BCUT2D eigenvalue weighted by molar-refractivity contribution is 0.175. The maximum Gasteiger partial charge on any atom is 0.0110 e. The van der Waals surface area contributed by atoms with Gasteiger partial charge in [0.2, 0.25) is 0 Å². The number of hydrogen-bond donors (Lipinski definition) is 2. The maximum absolute atomic E-state index is 3.98. The summed E-state index contributed by atoms with van der Waals surface area (Å²) >= 11 is 0. The Morgan fingerprint density at radius 1 is 1.05 bits per heavy atom. The molecule has 0 aromatic carbocycles. The first-order valence-corrected chi connectivity index (χ1v) is 8.80. The zero-order valence-corrected chi connectivity index (χ0v) is 12.7. The van der Waals surface area contributed by atoms with E-state index in [4.69, 9.17) is 0 Å². The van der Waals surface area contributed by atoms with Gasteiger partial charge in [-0.25, -0.2) is 0 Å². The fourth-order valence-corrected chi connectivity index (χ4v) is 4.32. The lowest BCUT2D eigenvalue weighted by Crippen LogP contribution is -2.51. The summed E-state index contributed by atoms with van der Waals surface area (Å²) in [4.78, 5) is 0. The van der Waals surface area contributed by atoms with Gasteiger partial charge < -0.3 is 10.6 Å². The summed E-state index contributed by atoms with van der Waals surface area (Å²) in [7, 11) is 0. The van der Waals surface area contributed by atoms with Crippen LogP contribution in [0.25, 0.3) is 0 Å². The molecule has 2 N–H and O–H groups in total. The van der Waals surface area contributed by atoms with Crippen LogP contribution in [0.15, 0.2) is 0 Å². The van der Waals surface area contributed by atoms with E-state index in [9.17, 15) is 0 Å². The topological polar surface area (TPSA) is 24.1 Å². The van der Waals surface area contributed by atoms with E-state index in [1.807, 2.05) is 0 Å². The number of piperidine rings is 1. The zero-order chi connectivity index (χ0) is 13.1. The maximum atomic E-state index is 3.98. The van der Waals surface area contributed by atoms with E-state index in [1.54, 1.807) is 0 Å². The van der Waals surface area contributed by atoms with Crippen LogP contribution in [0.5, 0.6) is 0 Å². The highest BCUT2D eigenvalue weighted by Gasteiger charge is 2.41.